The second-order valence-corrected chi connectivity index (χ2v) is 10.7. The van der Waals surface area contributed by atoms with Gasteiger partial charge in [0, 0.05) is 29.6 Å². The Morgan fingerprint density at radius 1 is 1.08 bits per heavy atom. The number of para-hydroxylation sites is 1. The quantitative estimate of drug-likeness (QED) is 0.301. The van der Waals surface area contributed by atoms with Gasteiger partial charge in [0.15, 0.2) is 0 Å². The van der Waals surface area contributed by atoms with E-state index in [4.69, 9.17) is 4.74 Å². The normalized spacial score (nSPS) is 19.7. The van der Waals surface area contributed by atoms with Gasteiger partial charge in [0.2, 0.25) is 5.91 Å². The molecule has 8 nitrogen and oxygen atoms in total. The molecule has 2 aromatic carbocycles. The van der Waals surface area contributed by atoms with E-state index in [0.29, 0.717) is 6.42 Å². The van der Waals surface area contributed by atoms with Crippen molar-refractivity contribution in [3.63, 3.8) is 0 Å². The van der Waals surface area contributed by atoms with Crippen LogP contribution >= 0.6 is 0 Å². The predicted molar refractivity (Wildman–Crippen MR) is 146 cm³/mol. The predicted octanol–water partition coefficient (Wildman–Crippen LogP) is 4.98. The topological polar surface area (TPSA) is 121 Å². The van der Waals surface area contributed by atoms with Crippen LogP contribution in [0.2, 0.25) is 0 Å². The molecular weight excluding hydrogens is 482 g/mol. The number of carbonyl (C=O) groups is 3. The van der Waals surface area contributed by atoms with Gasteiger partial charge in [0.1, 0.15) is 11.6 Å². The lowest BCUT2D eigenvalue weighted by Crippen LogP contribution is -2.60. The van der Waals surface area contributed by atoms with E-state index in [1.807, 2.05) is 60.8 Å². The largest absolute Gasteiger partial charge is 0.481 e. The molecule has 0 bridgehead atoms. The number of aliphatic carboxylic acids is 1. The number of rotatable bonds is 10. The van der Waals surface area contributed by atoms with Gasteiger partial charge in [-0.15, -0.1) is 0 Å². The summed E-state index contributed by atoms with van der Waals surface area (Å²) in [5.74, 6) is -1.21. The molecule has 1 fully saturated rings. The van der Waals surface area contributed by atoms with Crippen LogP contribution < -0.4 is 10.6 Å². The third-order valence-electron chi connectivity index (χ3n) is 7.47. The van der Waals surface area contributed by atoms with E-state index in [0.717, 1.165) is 47.7 Å². The number of alkyl carbamates (subject to hydrolysis) is 1. The molecule has 4 N–H and O–H groups in total. The maximum atomic E-state index is 13.8. The Morgan fingerprint density at radius 3 is 2.53 bits per heavy atom. The van der Waals surface area contributed by atoms with Crippen molar-refractivity contribution in [3.05, 3.63) is 71.9 Å². The van der Waals surface area contributed by atoms with Crippen molar-refractivity contribution in [3.8, 4) is 0 Å². The van der Waals surface area contributed by atoms with Crippen LogP contribution in [0.15, 0.2) is 60.8 Å². The maximum Gasteiger partial charge on any atom is 0.408 e. The van der Waals surface area contributed by atoms with Gasteiger partial charge >= 0.3 is 12.1 Å². The maximum absolute atomic E-state index is 13.8. The van der Waals surface area contributed by atoms with E-state index >= 15 is 0 Å². The number of fused-ring (bicyclic) bond motifs is 1. The van der Waals surface area contributed by atoms with Crippen LogP contribution in [0.5, 0.6) is 0 Å². The van der Waals surface area contributed by atoms with Crippen molar-refractivity contribution in [1.29, 1.82) is 0 Å². The van der Waals surface area contributed by atoms with Crippen LogP contribution in [0.1, 0.15) is 57.1 Å². The Labute approximate surface area is 223 Å². The second kappa shape index (κ2) is 12.2. The highest BCUT2D eigenvalue weighted by molar-refractivity contribution is 5.92. The van der Waals surface area contributed by atoms with Crippen molar-refractivity contribution in [2.75, 3.05) is 0 Å². The Bertz CT molecular complexity index is 1260. The molecule has 0 saturated heterocycles. The molecule has 1 aromatic heterocycles. The molecule has 1 aliphatic rings. The number of hydrogen-bond donors (Lipinski definition) is 4. The number of aromatic amines is 1. The van der Waals surface area contributed by atoms with Crippen LogP contribution in [0, 0.1) is 5.92 Å². The van der Waals surface area contributed by atoms with E-state index in [1.165, 1.54) is 0 Å². The first-order chi connectivity index (χ1) is 18.2. The highest BCUT2D eigenvalue weighted by Gasteiger charge is 2.39. The number of carboxylic acid groups (broad SMARTS) is 1. The van der Waals surface area contributed by atoms with Crippen LogP contribution in [0.3, 0.4) is 0 Å². The van der Waals surface area contributed by atoms with Gasteiger partial charge in [-0.2, -0.15) is 0 Å². The summed E-state index contributed by atoms with van der Waals surface area (Å²) >= 11 is 0. The lowest BCUT2D eigenvalue weighted by atomic mass is 9.88. The number of carbonyl (C=O) groups excluding carboxylic acids is 2. The molecule has 0 spiro atoms. The van der Waals surface area contributed by atoms with Gasteiger partial charge in [-0.1, -0.05) is 61.9 Å². The zero-order valence-corrected chi connectivity index (χ0v) is 22.0. The summed E-state index contributed by atoms with van der Waals surface area (Å²) in [6, 6.07) is 16.5. The summed E-state index contributed by atoms with van der Waals surface area (Å²) in [7, 11) is 0. The SMILES string of the molecule is C[C@H]1CCCC[C@@H]1OC(=O)N[C@@](C)(Cc1c[nH]c2ccccc12)C(=O)N[C@@H](CC(=O)O)Cc1ccccc1. The van der Waals surface area contributed by atoms with E-state index in [9.17, 15) is 19.5 Å². The van der Waals surface area contributed by atoms with E-state index in [-0.39, 0.29) is 24.9 Å². The standard InChI is InChI=1S/C30H37N3O5/c1-20-10-6-9-15-26(20)38-29(37)33-30(2,18-22-19-31-25-14-8-7-13-24(22)25)28(36)32-23(17-27(34)35)16-21-11-4-3-5-12-21/h3-5,7-8,11-14,19-20,23,26,31H,6,9-10,15-18H2,1-2H3,(H,32,36)(H,33,37)(H,34,35)/t20-,23+,26-,30-/m0/s1. The first-order valence-electron chi connectivity index (χ1n) is 13.3. The molecule has 0 unspecified atom stereocenters. The Morgan fingerprint density at radius 2 is 1.79 bits per heavy atom. The zero-order chi connectivity index (χ0) is 27.1. The summed E-state index contributed by atoms with van der Waals surface area (Å²) in [6.07, 6.45) is 5.25. The van der Waals surface area contributed by atoms with Crippen LogP contribution in [0.25, 0.3) is 10.9 Å². The third kappa shape index (κ3) is 6.94. The molecule has 4 atom stereocenters. The van der Waals surface area contributed by atoms with E-state index in [2.05, 4.69) is 22.5 Å². The molecule has 8 heteroatoms. The summed E-state index contributed by atoms with van der Waals surface area (Å²) in [5, 5.41) is 16.2. The molecule has 3 aromatic rings. The number of benzene rings is 2. The highest BCUT2D eigenvalue weighted by Crippen LogP contribution is 2.27. The highest BCUT2D eigenvalue weighted by atomic mass is 16.6. The van der Waals surface area contributed by atoms with Crippen molar-refractivity contribution < 1.29 is 24.2 Å². The Balaban J connectivity index is 1.57. The minimum absolute atomic E-state index is 0.193. The molecule has 1 saturated carbocycles. The summed E-state index contributed by atoms with van der Waals surface area (Å²) < 4.78 is 5.79. The monoisotopic (exact) mass is 519 g/mol. The second-order valence-electron chi connectivity index (χ2n) is 10.7. The smallest absolute Gasteiger partial charge is 0.408 e. The number of amides is 2. The van der Waals surface area contributed by atoms with Gasteiger partial charge in [-0.05, 0) is 55.7 Å². The fourth-order valence-corrected chi connectivity index (χ4v) is 5.32. The minimum Gasteiger partial charge on any atom is -0.481 e. The van der Waals surface area contributed by atoms with Crippen molar-refractivity contribution >= 4 is 28.9 Å². The molecular formula is C30H37N3O5. The number of hydrogen-bond acceptors (Lipinski definition) is 4. The van der Waals surface area contributed by atoms with Gasteiger partial charge < -0.3 is 25.5 Å². The van der Waals surface area contributed by atoms with Crippen molar-refractivity contribution in [2.24, 2.45) is 5.92 Å². The number of carboxylic acids is 1. The fourth-order valence-electron chi connectivity index (χ4n) is 5.32. The summed E-state index contributed by atoms with van der Waals surface area (Å²) in [5.41, 5.74) is 1.32. The van der Waals surface area contributed by atoms with Gasteiger partial charge in [-0.25, -0.2) is 4.79 Å². The lowest BCUT2D eigenvalue weighted by Gasteiger charge is -2.33. The number of ether oxygens (including phenoxy) is 1. The Hall–Kier alpha value is -3.81. The average Bonchev–Trinajstić information content (AvgIpc) is 3.28. The van der Waals surface area contributed by atoms with Crippen molar-refractivity contribution in [1.82, 2.24) is 15.6 Å². The van der Waals surface area contributed by atoms with Gasteiger partial charge in [0.25, 0.3) is 0 Å². The number of nitrogens with one attached hydrogen (secondary N) is 3. The fraction of sp³-hybridized carbons (Fsp3) is 0.433. The average molecular weight is 520 g/mol. The molecule has 0 radical (unpaired) electrons. The summed E-state index contributed by atoms with van der Waals surface area (Å²) in [4.78, 5) is 41.8. The Kier molecular flexibility index (Phi) is 8.71. The molecule has 1 aliphatic carbocycles. The lowest BCUT2D eigenvalue weighted by molar-refractivity contribution is -0.138. The molecule has 1 heterocycles. The van der Waals surface area contributed by atoms with Gasteiger partial charge in [-0.3, -0.25) is 9.59 Å². The first-order valence-corrected chi connectivity index (χ1v) is 13.3. The van der Waals surface area contributed by atoms with Crippen molar-refractivity contribution in [2.45, 2.75) is 76.5 Å². The van der Waals surface area contributed by atoms with Crippen LogP contribution in [0.4, 0.5) is 4.79 Å². The number of H-pyrrole nitrogens is 1. The molecule has 38 heavy (non-hydrogen) atoms. The molecule has 2 amide bonds. The molecule has 4 rings (SSSR count). The minimum atomic E-state index is -1.38. The molecule has 0 aliphatic heterocycles. The first kappa shape index (κ1) is 27.2. The number of aromatic nitrogens is 1. The van der Waals surface area contributed by atoms with E-state index in [1.54, 1.807) is 6.92 Å². The van der Waals surface area contributed by atoms with E-state index < -0.39 is 29.6 Å². The zero-order valence-electron chi connectivity index (χ0n) is 22.0. The molecule has 202 valence electrons. The van der Waals surface area contributed by atoms with Crippen LogP contribution in [-0.2, 0) is 27.2 Å². The van der Waals surface area contributed by atoms with Gasteiger partial charge in [0.05, 0.1) is 6.42 Å². The third-order valence-corrected chi connectivity index (χ3v) is 7.47. The van der Waals surface area contributed by atoms with Crippen LogP contribution in [-0.4, -0.2) is 45.7 Å². The summed E-state index contributed by atoms with van der Waals surface area (Å²) in [6.45, 7) is 3.74.